The number of pyridine rings is 2. The molecule has 0 atom stereocenters. The van der Waals surface area contributed by atoms with E-state index >= 15 is 0 Å². The summed E-state index contributed by atoms with van der Waals surface area (Å²) in [5.41, 5.74) is 5.15. The van der Waals surface area contributed by atoms with Crippen LogP contribution < -0.4 is 0 Å². The minimum absolute atomic E-state index is 0. The van der Waals surface area contributed by atoms with E-state index in [-0.39, 0.29) is 43.4 Å². The van der Waals surface area contributed by atoms with Crippen LogP contribution >= 0.6 is 11.3 Å². The first-order valence-corrected chi connectivity index (χ1v) is 11.7. The number of aromatic nitrogens is 2. The van der Waals surface area contributed by atoms with Crippen LogP contribution in [0.5, 0.6) is 0 Å². The zero-order valence-electron chi connectivity index (χ0n) is 24.1. The van der Waals surface area contributed by atoms with E-state index in [1.807, 2.05) is 61.7 Å². The Kier molecular flexibility index (Phi) is 6.02. The Balaban J connectivity index is 0.000000210. The Labute approximate surface area is 231 Å². The molecular weight excluding hydrogens is 625 g/mol. The Morgan fingerprint density at radius 2 is 1.60 bits per heavy atom. The number of hydrogen-bond donors (Lipinski definition) is 0. The molecule has 3 heterocycles. The topological polar surface area (TPSA) is 25.8 Å². The van der Waals surface area contributed by atoms with Crippen LogP contribution in [0.1, 0.15) is 23.5 Å². The van der Waals surface area contributed by atoms with E-state index < -0.39 is 6.85 Å². The average molecular weight is 654 g/mol. The van der Waals surface area contributed by atoms with E-state index in [1.165, 1.54) is 17.3 Å². The van der Waals surface area contributed by atoms with Crippen molar-refractivity contribution in [3.63, 3.8) is 0 Å². The average Bonchev–Trinajstić information content (AvgIpc) is 3.30. The van der Waals surface area contributed by atoms with E-state index in [0.29, 0.717) is 5.56 Å². The van der Waals surface area contributed by atoms with E-state index in [2.05, 4.69) is 41.2 Å². The fourth-order valence-corrected chi connectivity index (χ4v) is 4.80. The number of rotatable bonds is 2. The molecule has 6 rings (SSSR count). The van der Waals surface area contributed by atoms with Crippen LogP contribution in [0.2, 0.25) is 0 Å². The number of thiophene rings is 1. The van der Waals surface area contributed by atoms with Crippen molar-refractivity contribution in [3.8, 4) is 22.5 Å². The summed E-state index contributed by atoms with van der Waals surface area (Å²) in [5.74, 6) is 0. The summed E-state index contributed by atoms with van der Waals surface area (Å²) in [6.07, 6.45) is 3.06. The maximum Gasteiger partial charge on any atom is 0.0618 e. The summed E-state index contributed by atoms with van der Waals surface area (Å²) >= 11 is 1.58. The van der Waals surface area contributed by atoms with Gasteiger partial charge in [-0.1, -0.05) is 54.7 Å². The van der Waals surface area contributed by atoms with Crippen LogP contribution in [0, 0.1) is 32.8 Å². The number of aryl methyl sites for hydroxylation is 3. The van der Waals surface area contributed by atoms with Gasteiger partial charge in [0, 0.05) is 41.3 Å². The summed E-state index contributed by atoms with van der Waals surface area (Å²) in [5, 5.41) is 2.16. The third kappa shape index (κ3) is 5.57. The van der Waals surface area contributed by atoms with Gasteiger partial charge >= 0.3 is 0 Å². The first-order chi connectivity index (χ1) is 18.6. The molecule has 0 bridgehead atoms. The third-order valence-corrected chi connectivity index (χ3v) is 6.57. The molecule has 1 radical (unpaired) electrons. The zero-order valence-corrected chi connectivity index (χ0v) is 22.4. The van der Waals surface area contributed by atoms with E-state index in [4.69, 9.17) is 6.85 Å². The normalized spacial score (nSPS) is 12.9. The van der Waals surface area contributed by atoms with Gasteiger partial charge in [-0.15, -0.1) is 59.2 Å². The Bertz CT molecular complexity index is 1740. The van der Waals surface area contributed by atoms with Crippen molar-refractivity contribution in [2.75, 3.05) is 0 Å². The van der Waals surface area contributed by atoms with Crippen LogP contribution in [-0.2, 0) is 20.1 Å². The molecule has 0 aliphatic rings. The minimum Gasteiger partial charge on any atom is -0.304 e. The summed E-state index contributed by atoms with van der Waals surface area (Å²) in [6.45, 7) is 1.64. The predicted octanol–water partition coefficient (Wildman–Crippen LogP) is 8.39. The second-order valence-electron chi connectivity index (χ2n) is 7.96. The largest absolute Gasteiger partial charge is 0.304 e. The van der Waals surface area contributed by atoms with Crippen molar-refractivity contribution in [1.82, 2.24) is 9.97 Å². The monoisotopic (exact) mass is 654 g/mol. The Morgan fingerprint density at radius 1 is 0.800 bits per heavy atom. The van der Waals surface area contributed by atoms with Crippen LogP contribution in [0.4, 0.5) is 0 Å². The summed E-state index contributed by atoms with van der Waals surface area (Å²) in [6, 6.07) is 27.8. The summed E-state index contributed by atoms with van der Waals surface area (Å²) in [4.78, 5) is 8.55. The van der Waals surface area contributed by atoms with E-state index in [9.17, 15) is 0 Å². The van der Waals surface area contributed by atoms with Gasteiger partial charge in [-0.05, 0) is 52.4 Å². The first kappa shape index (κ1) is 19.1. The SMILES string of the molecule is Cc1c[c-]c(-c2ccc(C)cn2)cc1.[2H]c1c(C([2H])([2H])[2H])cnc(-c2[c-]ccc3c2sc2ccccc23)c1[2H].[Ir]. The summed E-state index contributed by atoms with van der Waals surface area (Å²) in [7, 11) is 0. The van der Waals surface area contributed by atoms with Gasteiger partial charge < -0.3 is 9.97 Å². The van der Waals surface area contributed by atoms with Gasteiger partial charge in [-0.2, -0.15) is 11.3 Å². The number of hydrogen-bond acceptors (Lipinski definition) is 3. The molecule has 0 N–H and O–H groups in total. The molecule has 0 aliphatic carbocycles. The first-order valence-electron chi connectivity index (χ1n) is 13.3. The van der Waals surface area contributed by atoms with Crippen molar-refractivity contribution in [1.29, 1.82) is 0 Å². The van der Waals surface area contributed by atoms with Crippen molar-refractivity contribution < 1.29 is 27.0 Å². The Morgan fingerprint density at radius 3 is 2.37 bits per heavy atom. The fraction of sp³-hybridized carbons (Fsp3) is 0.0968. The molecule has 0 unspecified atom stereocenters. The van der Waals surface area contributed by atoms with Gasteiger partial charge in [0.05, 0.1) is 2.74 Å². The molecule has 4 heteroatoms. The number of benzene rings is 3. The number of nitrogens with zero attached hydrogens (tertiary/aromatic N) is 2. The van der Waals surface area contributed by atoms with E-state index in [0.717, 1.165) is 31.4 Å². The molecule has 3 aromatic carbocycles. The quantitative estimate of drug-likeness (QED) is 0.176. The van der Waals surface area contributed by atoms with Crippen molar-refractivity contribution >= 4 is 31.5 Å². The van der Waals surface area contributed by atoms with Crippen LogP contribution in [-0.4, -0.2) is 9.97 Å². The smallest absolute Gasteiger partial charge is 0.0618 e. The van der Waals surface area contributed by atoms with Gasteiger partial charge in [0.1, 0.15) is 0 Å². The second kappa shape index (κ2) is 11.0. The van der Waals surface area contributed by atoms with Crippen LogP contribution in [0.15, 0.2) is 91.2 Å². The van der Waals surface area contributed by atoms with Crippen molar-refractivity contribution in [2.45, 2.75) is 20.7 Å². The third-order valence-electron chi connectivity index (χ3n) is 5.37. The standard InChI is InChI=1S/C18H12NS.C13H12N.Ir/c1-12-9-10-16(19-11-12)15-7-4-6-14-13-5-2-3-8-17(13)20-18(14)15;1-10-3-6-12(7-4-10)13-8-5-11(2)9-14-13;/h2-6,8-11H,1H3;3-6,8-9H,1-2H3;/q2*-1;/i1D3,9D,10D;;. The molecule has 0 aliphatic heterocycles. The van der Waals surface area contributed by atoms with Gasteiger partial charge in [0.15, 0.2) is 0 Å². The predicted molar refractivity (Wildman–Crippen MR) is 144 cm³/mol. The van der Waals surface area contributed by atoms with E-state index in [1.54, 1.807) is 17.4 Å². The maximum absolute atomic E-state index is 8.25. The zero-order chi connectivity index (χ0) is 27.7. The molecule has 35 heavy (non-hydrogen) atoms. The fourth-order valence-electron chi connectivity index (χ4n) is 3.60. The molecular formula is C31H24IrN2S-2. The second-order valence-corrected chi connectivity index (χ2v) is 9.02. The Hall–Kier alpha value is -3.17. The van der Waals surface area contributed by atoms with Crippen molar-refractivity contribution in [2.24, 2.45) is 0 Å². The number of fused-ring (bicyclic) bond motifs is 3. The molecule has 0 amide bonds. The molecule has 175 valence electrons. The van der Waals surface area contributed by atoms with Gasteiger partial charge in [-0.25, -0.2) is 0 Å². The minimum atomic E-state index is -2.45. The molecule has 2 nitrogen and oxygen atoms in total. The maximum atomic E-state index is 8.25. The van der Waals surface area contributed by atoms with Crippen LogP contribution in [0.25, 0.3) is 42.7 Å². The van der Waals surface area contributed by atoms with Crippen molar-refractivity contribution in [3.05, 3.63) is 120 Å². The van der Waals surface area contributed by atoms with Gasteiger partial charge in [0.25, 0.3) is 0 Å². The molecule has 0 fully saturated rings. The molecule has 0 spiro atoms. The molecule has 0 saturated heterocycles. The van der Waals surface area contributed by atoms with Crippen LogP contribution in [0.3, 0.4) is 0 Å². The van der Waals surface area contributed by atoms with Gasteiger partial charge in [0.2, 0.25) is 0 Å². The summed E-state index contributed by atoms with van der Waals surface area (Å²) < 4.78 is 40.8. The molecule has 3 aromatic heterocycles. The molecule has 6 aromatic rings. The van der Waals surface area contributed by atoms with Gasteiger partial charge in [-0.3, -0.25) is 0 Å². The molecule has 0 saturated carbocycles.